The van der Waals surface area contributed by atoms with Crippen LogP contribution < -0.4 is 10.7 Å². The second kappa shape index (κ2) is 18.0. The second-order valence-electron chi connectivity index (χ2n) is 17.1. The molecule has 0 saturated carbocycles. The van der Waals surface area contributed by atoms with Crippen molar-refractivity contribution in [2.24, 2.45) is 11.3 Å². The fraction of sp³-hybridized carbons (Fsp3) is 0.489. The van der Waals surface area contributed by atoms with Crippen molar-refractivity contribution < 1.29 is 38.9 Å². The molecule has 14 nitrogen and oxygen atoms in total. The van der Waals surface area contributed by atoms with Gasteiger partial charge in [-0.15, -0.1) is 0 Å². The molecule has 1 unspecified atom stereocenters. The van der Waals surface area contributed by atoms with Crippen molar-refractivity contribution in [2.45, 2.75) is 91.1 Å². The molecule has 2 aromatic heterocycles. The molecule has 4 N–H and O–H groups in total. The Morgan fingerprint density at radius 3 is 2.63 bits per heavy atom. The van der Waals surface area contributed by atoms with Crippen LogP contribution in [0.5, 0.6) is 5.75 Å². The number of hydrazine groups is 1. The zero-order valence-corrected chi connectivity index (χ0v) is 35.2. The Balaban J connectivity index is 1.52. The van der Waals surface area contributed by atoms with Crippen molar-refractivity contribution in [3.63, 3.8) is 0 Å². The maximum Gasteiger partial charge on any atom is 0.259 e. The van der Waals surface area contributed by atoms with Crippen molar-refractivity contribution in [1.82, 2.24) is 30.2 Å². The van der Waals surface area contributed by atoms with E-state index in [1.807, 2.05) is 24.4 Å². The highest BCUT2D eigenvalue weighted by Crippen LogP contribution is 2.41. The molecule has 3 amide bonds. The van der Waals surface area contributed by atoms with Crippen LogP contribution in [0.25, 0.3) is 33.3 Å². The van der Waals surface area contributed by atoms with Gasteiger partial charge in [0.2, 0.25) is 11.8 Å². The first kappa shape index (κ1) is 43.4. The third-order valence-electron chi connectivity index (χ3n) is 11.5. The Morgan fingerprint density at radius 1 is 1.15 bits per heavy atom. The predicted octanol–water partition coefficient (Wildman–Crippen LogP) is 4.41. The molecule has 316 valence electrons. The number of benzene rings is 2. The predicted molar refractivity (Wildman–Crippen MR) is 224 cm³/mol. The largest absolute Gasteiger partial charge is 0.508 e. The number of likely N-dealkylation sites (N-methyl/N-ethyl adjacent to an activating group) is 1. The molecule has 2 aromatic carbocycles. The Bertz CT molecular complexity index is 2200. The van der Waals surface area contributed by atoms with Crippen LogP contribution in [-0.4, -0.2) is 112 Å². The van der Waals surface area contributed by atoms with Crippen LogP contribution in [0.1, 0.15) is 64.2 Å². The molecule has 1 fully saturated rings. The molecular weight excluding hydrogens is 753 g/mol. The topological polar surface area (TPSA) is 176 Å². The second-order valence-corrected chi connectivity index (χ2v) is 17.1. The fourth-order valence-electron chi connectivity index (χ4n) is 8.73. The minimum atomic E-state index is -1.21. The number of aromatic hydroxyl groups is 1. The summed E-state index contributed by atoms with van der Waals surface area (Å²) in [6.07, 6.45) is 5.98. The normalized spacial score (nSPS) is 20.3. The molecule has 2 aliphatic rings. The number of aldehydes is 1. The number of phenolic OH excluding ortho intramolecular Hbond substituents is 1. The fourth-order valence-corrected chi connectivity index (χ4v) is 8.73. The van der Waals surface area contributed by atoms with Crippen molar-refractivity contribution in [3.8, 4) is 28.1 Å². The molecule has 4 heterocycles. The Morgan fingerprint density at radius 2 is 1.93 bits per heavy atom. The number of nitrogens with zero attached hydrogens (tertiary/aromatic N) is 4. The molecule has 3 atom stereocenters. The Hall–Kier alpha value is -5.15. The van der Waals surface area contributed by atoms with Gasteiger partial charge in [-0.2, -0.15) is 0 Å². The number of carbonyl (C=O) groups excluding carboxylic acids is 4. The van der Waals surface area contributed by atoms with Crippen LogP contribution >= 0.6 is 0 Å². The summed E-state index contributed by atoms with van der Waals surface area (Å²) in [5, 5.41) is 26.1. The Labute approximate surface area is 345 Å². The van der Waals surface area contributed by atoms with Crippen LogP contribution in [-0.2, 0) is 54.6 Å². The van der Waals surface area contributed by atoms with E-state index in [0.29, 0.717) is 50.1 Å². The molecule has 0 radical (unpaired) electrons. The number of ether oxygens (including phenoxy) is 2. The van der Waals surface area contributed by atoms with Gasteiger partial charge in [0.1, 0.15) is 36.3 Å². The number of aliphatic hydroxyl groups excluding tert-OH is 1. The molecule has 0 aliphatic carbocycles. The number of amides is 3. The zero-order chi connectivity index (χ0) is 42.6. The van der Waals surface area contributed by atoms with Gasteiger partial charge >= 0.3 is 0 Å². The number of hydrogen-bond acceptors (Lipinski definition) is 10. The van der Waals surface area contributed by atoms with Gasteiger partial charge in [-0.3, -0.25) is 24.4 Å². The highest BCUT2D eigenvalue weighted by atomic mass is 16.5. The van der Waals surface area contributed by atoms with Gasteiger partial charge in [0, 0.05) is 62.5 Å². The highest BCUT2D eigenvalue weighted by molar-refractivity contribution is 5.96. The van der Waals surface area contributed by atoms with Crippen LogP contribution in [0, 0.1) is 11.3 Å². The van der Waals surface area contributed by atoms with E-state index < -0.39 is 47.4 Å². The monoisotopic (exact) mass is 810 g/mol. The van der Waals surface area contributed by atoms with Crippen molar-refractivity contribution in [3.05, 3.63) is 71.5 Å². The van der Waals surface area contributed by atoms with Gasteiger partial charge < -0.3 is 39.3 Å². The summed E-state index contributed by atoms with van der Waals surface area (Å²) in [5.74, 6) is -2.08. The average molecular weight is 811 g/mol. The molecule has 59 heavy (non-hydrogen) atoms. The average Bonchev–Trinajstić information content (AvgIpc) is 3.50. The first-order valence-corrected chi connectivity index (χ1v) is 20.4. The highest BCUT2D eigenvalue weighted by Gasteiger charge is 2.41. The number of methoxy groups -OCH3 is 1. The number of carbonyl (C=O) groups is 4. The summed E-state index contributed by atoms with van der Waals surface area (Å²) < 4.78 is 14.4. The molecule has 14 heteroatoms. The van der Waals surface area contributed by atoms with E-state index in [1.165, 1.54) is 17.0 Å². The van der Waals surface area contributed by atoms with E-state index in [-0.39, 0.29) is 31.2 Å². The number of phenols is 1. The molecule has 6 bridgehead atoms. The van der Waals surface area contributed by atoms with E-state index >= 15 is 0 Å². The third-order valence-corrected chi connectivity index (χ3v) is 11.5. The van der Waals surface area contributed by atoms with Crippen molar-refractivity contribution in [1.29, 1.82) is 0 Å². The Kier molecular flexibility index (Phi) is 13.2. The summed E-state index contributed by atoms with van der Waals surface area (Å²) in [4.78, 5) is 59.8. The quantitative estimate of drug-likeness (QED) is 0.168. The number of aryl methyl sites for hydroxylation is 1. The lowest BCUT2D eigenvalue weighted by molar-refractivity contribution is -0.148. The van der Waals surface area contributed by atoms with Gasteiger partial charge in [-0.05, 0) is 95.7 Å². The summed E-state index contributed by atoms with van der Waals surface area (Å²) >= 11 is 0. The number of hydrogen-bond donors (Lipinski definition) is 4. The SMILES string of the molecule is CCn1c(-c2cnccc2COC)c2c3cc(ccc31)-c1cc(O)cc(c1)C[C@H](NC(=O)[C@H](C(C)C)N(C)C(=O)CO)C(=O)N1CCCC(C=O)(COCC(C)(C)C2)N1. The van der Waals surface area contributed by atoms with Crippen LogP contribution in [0.2, 0.25) is 0 Å². The van der Waals surface area contributed by atoms with E-state index in [2.05, 4.69) is 53.2 Å². The number of aromatic nitrogens is 2. The summed E-state index contributed by atoms with van der Waals surface area (Å²) in [6, 6.07) is 11.2. The lowest BCUT2D eigenvalue weighted by Crippen LogP contribution is -2.66. The maximum absolute atomic E-state index is 14.6. The van der Waals surface area contributed by atoms with Crippen molar-refractivity contribution >= 4 is 34.9 Å². The van der Waals surface area contributed by atoms with Crippen LogP contribution in [0.4, 0.5) is 0 Å². The first-order chi connectivity index (χ1) is 28.1. The standard InChI is InChI=1S/C45H58N6O8/c1-8-50-38-11-10-30-20-34(38)35(41(50)36-22-46-14-12-31(36)24-58-7)21-44(4,5)26-59-27-45(25-53)13-9-15-51(48-45)43(57)37(18-29-16-32(30)19-33(54)17-29)47-42(56)40(28(2)3)49(6)39(55)23-52/h10-12,14,16-17,19-20,22,25,28,37,40,48,52,54H,8-9,13,15,18,21,23-24,26-27H2,1-7H3,(H,47,56)/t37-,40-,45?/m0/s1. The van der Waals surface area contributed by atoms with E-state index in [0.717, 1.165) is 45.1 Å². The lowest BCUT2D eigenvalue weighted by atomic mass is 9.84. The first-order valence-electron chi connectivity index (χ1n) is 20.4. The van der Waals surface area contributed by atoms with E-state index in [4.69, 9.17) is 9.47 Å². The molecule has 4 aromatic rings. The third kappa shape index (κ3) is 9.20. The smallest absolute Gasteiger partial charge is 0.259 e. The number of rotatable bonds is 10. The number of nitrogens with one attached hydrogen (secondary N) is 2. The maximum atomic E-state index is 14.6. The van der Waals surface area contributed by atoms with E-state index in [1.54, 1.807) is 39.3 Å². The molecule has 6 rings (SSSR count). The van der Waals surface area contributed by atoms with Crippen LogP contribution in [0.15, 0.2) is 54.9 Å². The summed E-state index contributed by atoms with van der Waals surface area (Å²) in [6.45, 7) is 10.8. The van der Waals surface area contributed by atoms with Gasteiger partial charge in [0.15, 0.2) is 0 Å². The van der Waals surface area contributed by atoms with Crippen LogP contribution in [0.3, 0.4) is 0 Å². The number of fused-ring (bicyclic) bond motifs is 6. The molecule has 1 saturated heterocycles. The van der Waals surface area contributed by atoms with Gasteiger partial charge in [0.25, 0.3) is 5.91 Å². The van der Waals surface area contributed by atoms with Crippen molar-refractivity contribution in [2.75, 3.05) is 40.5 Å². The lowest BCUT2D eigenvalue weighted by Gasteiger charge is -2.42. The summed E-state index contributed by atoms with van der Waals surface area (Å²) in [5.41, 5.74) is 8.83. The summed E-state index contributed by atoms with van der Waals surface area (Å²) in [7, 11) is 3.12. The van der Waals surface area contributed by atoms with E-state index in [9.17, 15) is 29.4 Å². The van der Waals surface area contributed by atoms with Gasteiger partial charge in [-0.25, -0.2) is 5.43 Å². The molecule has 2 aliphatic heterocycles. The van der Waals surface area contributed by atoms with Gasteiger partial charge in [-0.1, -0.05) is 39.8 Å². The zero-order valence-electron chi connectivity index (χ0n) is 35.2. The minimum absolute atomic E-state index is 0.00839. The molecular formula is C45H58N6O8. The number of pyridine rings is 1. The minimum Gasteiger partial charge on any atom is -0.508 e. The van der Waals surface area contributed by atoms with Gasteiger partial charge in [0.05, 0.1) is 25.5 Å². The number of aliphatic hydroxyl groups is 1. The molecule has 0 spiro atoms.